The minimum atomic E-state index is 0.216. The van der Waals surface area contributed by atoms with Crippen molar-refractivity contribution in [2.75, 3.05) is 5.32 Å². The molecule has 0 spiro atoms. The molecular weight excluding hydrogens is 302 g/mol. The number of anilines is 1. The molecule has 3 aromatic rings. The molecule has 0 saturated heterocycles. The van der Waals surface area contributed by atoms with Gasteiger partial charge in [-0.1, -0.05) is 67.2 Å². The number of hydrogen-bond donors (Lipinski definition) is 1. The number of rotatable bonds is 6. The lowest BCUT2D eigenvalue weighted by Gasteiger charge is -2.17. The molecule has 2 aromatic carbocycles. The van der Waals surface area contributed by atoms with Gasteiger partial charge in [-0.2, -0.15) is 0 Å². The van der Waals surface area contributed by atoms with Crippen LogP contribution in [0.3, 0.4) is 0 Å². The van der Waals surface area contributed by atoms with Gasteiger partial charge in [0.25, 0.3) is 0 Å². The van der Waals surface area contributed by atoms with Gasteiger partial charge in [0.2, 0.25) is 5.95 Å². The van der Waals surface area contributed by atoms with Gasteiger partial charge in [-0.15, -0.1) is 0 Å². The number of nitrogens with one attached hydrogen (secondary N) is 1. The minimum Gasteiger partial charge on any atom is -0.347 e. The van der Waals surface area contributed by atoms with E-state index < -0.39 is 0 Å². The second-order valence-electron chi connectivity index (χ2n) is 5.15. The Morgan fingerprint density at radius 1 is 0.957 bits per heavy atom. The molecule has 0 aliphatic rings. The highest BCUT2D eigenvalue weighted by Crippen LogP contribution is 2.27. The fourth-order valence-corrected chi connectivity index (χ4v) is 3.14. The molecule has 0 bridgehead atoms. The van der Waals surface area contributed by atoms with E-state index >= 15 is 0 Å². The van der Waals surface area contributed by atoms with E-state index in [0.717, 1.165) is 11.4 Å². The Hall–Kier alpha value is -2.33. The van der Waals surface area contributed by atoms with Gasteiger partial charge >= 0.3 is 0 Å². The first-order valence-corrected chi connectivity index (χ1v) is 8.54. The SMILES string of the molecule is CC[C@H](Nc1nccc(Sc2ccccc2)n1)c1ccccc1. The monoisotopic (exact) mass is 321 g/mol. The quantitative estimate of drug-likeness (QED) is 0.634. The lowest BCUT2D eigenvalue weighted by atomic mass is 10.1. The summed E-state index contributed by atoms with van der Waals surface area (Å²) >= 11 is 1.64. The number of nitrogens with zero attached hydrogens (tertiary/aromatic N) is 2. The van der Waals surface area contributed by atoms with Crippen molar-refractivity contribution in [3.8, 4) is 0 Å². The van der Waals surface area contributed by atoms with Gasteiger partial charge in [0.1, 0.15) is 5.03 Å². The molecule has 0 amide bonds. The summed E-state index contributed by atoms with van der Waals surface area (Å²) in [7, 11) is 0. The Kier molecular flexibility index (Phi) is 5.27. The largest absolute Gasteiger partial charge is 0.347 e. The molecule has 0 saturated carbocycles. The normalized spacial score (nSPS) is 11.9. The first-order chi connectivity index (χ1) is 11.3. The van der Waals surface area contributed by atoms with Gasteiger partial charge in [-0.3, -0.25) is 0 Å². The number of aromatic nitrogens is 2. The summed E-state index contributed by atoms with van der Waals surface area (Å²) in [6, 6.07) is 22.8. The molecule has 1 atom stereocenters. The summed E-state index contributed by atoms with van der Waals surface area (Å²) in [5.74, 6) is 0.668. The summed E-state index contributed by atoms with van der Waals surface area (Å²) in [5, 5.41) is 4.38. The average Bonchev–Trinajstić information content (AvgIpc) is 2.62. The van der Waals surface area contributed by atoms with Crippen molar-refractivity contribution in [3.63, 3.8) is 0 Å². The third-order valence-corrected chi connectivity index (χ3v) is 4.45. The fraction of sp³-hybridized carbons (Fsp3) is 0.158. The van der Waals surface area contributed by atoms with Crippen molar-refractivity contribution < 1.29 is 0 Å². The molecule has 3 rings (SSSR count). The number of benzene rings is 2. The zero-order chi connectivity index (χ0) is 15.9. The molecule has 0 radical (unpaired) electrons. The van der Waals surface area contributed by atoms with E-state index in [1.54, 1.807) is 18.0 Å². The number of hydrogen-bond acceptors (Lipinski definition) is 4. The fourth-order valence-electron chi connectivity index (χ4n) is 2.34. The molecular formula is C19H19N3S. The predicted octanol–water partition coefficient (Wildman–Crippen LogP) is 5.19. The third kappa shape index (κ3) is 4.33. The molecule has 1 N–H and O–H groups in total. The first-order valence-electron chi connectivity index (χ1n) is 7.72. The highest BCUT2D eigenvalue weighted by atomic mass is 32.2. The van der Waals surface area contributed by atoms with Crippen LogP contribution in [0.2, 0.25) is 0 Å². The van der Waals surface area contributed by atoms with Crippen LogP contribution in [-0.4, -0.2) is 9.97 Å². The van der Waals surface area contributed by atoms with E-state index in [2.05, 4.69) is 58.6 Å². The first kappa shape index (κ1) is 15.6. The smallest absolute Gasteiger partial charge is 0.224 e. The molecule has 0 aliphatic carbocycles. The van der Waals surface area contributed by atoms with E-state index in [4.69, 9.17) is 0 Å². The Morgan fingerprint density at radius 2 is 1.65 bits per heavy atom. The molecule has 1 heterocycles. The molecule has 23 heavy (non-hydrogen) atoms. The third-order valence-electron chi connectivity index (χ3n) is 3.51. The van der Waals surface area contributed by atoms with Crippen LogP contribution < -0.4 is 5.32 Å². The molecule has 0 fully saturated rings. The summed E-state index contributed by atoms with van der Waals surface area (Å²) in [5.41, 5.74) is 1.25. The summed E-state index contributed by atoms with van der Waals surface area (Å²) < 4.78 is 0. The molecule has 1 aromatic heterocycles. The average molecular weight is 321 g/mol. The second kappa shape index (κ2) is 7.79. The molecule has 0 aliphatic heterocycles. The van der Waals surface area contributed by atoms with E-state index in [1.165, 1.54) is 10.5 Å². The van der Waals surface area contributed by atoms with Crippen LogP contribution in [0.5, 0.6) is 0 Å². The van der Waals surface area contributed by atoms with Crippen molar-refractivity contribution in [2.24, 2.45) is 0 Å². The molecule has 116 valence electrons. The van der Waals surface area contributed by atoms with Crippen LogP contribution in [0.25, 0.3) is 0 Å². The lowest BCUT2D eigenvalue weighted by molar-refractivity contribution is 0.735. The van der Waals surface area contributed by atoms with Gasteiger partial charge < -0.3 is 5.32 Å². The summed E-state index contributed by atoms with van der Waals surface area (Å²) in [6.45, 7) is 2.16. The maximum atomic E-state index is 4.62. The van der Waals surface area contributed by atoms with Crippen LogP contribution in [0.1, 0.15) is 24.9 Å². The lowest BCUT2D eigenvalue weighted by Crippen LogP contribution is -2.12. The van der Waals surface area contributed by atoms with E-state index in [0.29, 0.717) is 5.95 Å². The van der Waals surface area contributed by atoms with Crippen LogP contribution in [0, 0.1) is 0 Å². The second-order valence-corrected chi connectivity index (χ2v) is 6.24. The van der Waals surface area contributed by atoms with Crippen LogP contribution in [0.15, 0.2) is 82.8 Å². The summed E-state index contributed by atoms with van der Waals surface area (Å²) in [6.07, 6.45) is 2.78. The Labute approximate surface area is 141 Å². The maximum Gasteiger partial charge on any atom is 0.224 e. The van der Waals surface area contributed by atoms with Gasteiger partial charge in [0.05, 0.1) is 6.04 Å². The Balaban J connectivity index is 1.74. The molecule has 0 unspecified atom stereocenters. The zero-order valence-corrected chi connectivity index (χ0v) is 13.8. The van der Waals surface area contributed by atoms with Crippen LogP contribution >= 0.6 is 11.8 Å². The van der Waals surface area contributed by atoms with E-state index in [-0.39, 0.29) is 6.04 Å². The topological polar surface area (TPSA) is 37.8 Å². The van der Waals surface area contributed by atoms with Crippen molar-refractivity contribution >= 4 is 17.7 Å². The Bertz CT molecular complexity index is 732. The minimum absolute atomic E-state index is 0.216. The highest BCUT2D eigenvalue weighted by molar-refractivity contribution is 7.99. The van der Waals surface area contributed by atoms with Crippen molar-refractivity contribution in [3.05, 3.63) is 78.5 Å². The van der Waals surface area contributed by atoms with Gasteiger partial charge in [-0.05, 0) is 30.2 Å². The van der Waals surface area contributed by atoms with Crippen molar-refractivity contribution in [1.82, 2.24) is 9.97 Å². The Morgan fingerprint density at radius 3 is 2.35 bits per heavy atom. The highest BCUT2D eigenvalue weighted by Gasteiger charge is 2.10. The van der Waals surface area contributed by atoms with Gasteiger partial charge in [-0.25, -0.2) is 9.97 Å². The predicted molar refractivity (Wildman–Crippen MR) is 95.7 cm³/mol. The van der Waals surface area contributed by atoms with Gasteiger partial charge in [0.15, 0.2) is 0 Å². The van der Waals surface area contributed by atoms with E-state index in [9.17, 15) is 0 Å². The van der Waals surface area contributed by atoms with Crippen molar-refractivity contribution in [2.45, 2.75) is 29.3 Å². The maximum absolute atomic E-state index is 4.62. The zero-order valence-electron chi connectivity index (χ0n) is 13.0. The van der Waals surface area contributed by atoms with E-state index in [1.807, 2.05) is 30.3 Å². The summed E-state index contributed by atoms with van der Waals surface area (Å²) in [4.78, 5) is 10.2. The van der Waals surface area contributed by atoms with Crippen LogP contribution in [-0.2, 0) is 0 Å². The van der Waals surface area contributed by atoms with Crippen LogP contribution in [0.4, 0.5) is 5.95 Å². The molecule has 3 nitrogen and oxygen atoms in total. The van der Waals surface area contributed by atoms with Crippen molar-refractivity contribution in [1.29, 1.82) is 0 Å². The molecule has 4 heteroatoms. The van der Waals surface area contributed by atoms with Gasteiger partial charge in [0, 0.05) is 11.1 Å². The standard InChI is InChI=1S/C19H19N3S/c1-2-17(15-9-5-3-6-10-15)21-19-20-14-13-18(22-19)23-16-11-7-4-8-12-16/h3-14,17H,2H2,1H3,(H,20,21,22)/t17-/m0/s1.